The molecule has 1 aromatic heterocycles. The SMILES string of the molecule is CC(C)N1CCOC(c2nc(C3CC3)cs2)C1. The molecule has 0 radical (unpaired) electrons. The first-order valence-electron chi connectivity index (χ1n) is 6.55. The van der Waals surface area contributed by atoms with Gasteiger partial charge < -0.3 is 4.74 Å². The van der Waals surface area contributed by atoms with Crippen molar-refractivity contribution in [2.45, 2.75) is 44.8 Å². The third-order valence-electron chi connectivity index (χ3n) is 3.64. The number of aromatic nitrogens is 1. The second-order valence-electron chi connectivity index (χ2n) is 5.33. The molecule has 17 heavy (non-hydrogen) atoms. The summed E-state index contributed by atoms with van der Waals surface area (Å²) in [6, 6.07) is 0.601. The fourth-order valence-corrected chi connectivity index (χ4v) is 3.24. The lowest BCUT2D eigenvalue weighted by molar-refractivity contribution is -0.0403. The lowest BCUT2D eigenvalue weighted by atomic mass is 10.2. The first-order chi connectivity index (χ1) is 8.24. The second kappa shape index (κ2) is 4.67. The van der Waals surface area contributed by atoms with Gasteiger partial charge in [-0.15, -0.1) is 11.3 Å². The average Bonchev–Trinajstić information content (AvgIpc) is 3.07. The first kappa shape index (κ1) is 11.6. The van der Waals surface area contributed by atoms with Crippen molar-refractivity contribution in [1.82, 2.24) is 9.88 Å². The Bertz CT molecular complexity index is 387. The van der Waals surface area contributed by atoms with Gasteiger partial charge in [-0.2, -0.15) is 0 Å². The van der Waals surface area contributed by atoms with Crippen LogP contribution in [0.4, 0.5) is 0 Å². The van der Waals surface area contributed by atoms with Gasteiger partial charge >= 0.3 is 0 Å². The summed E-state index contributed by atoms with van der Waals surface area (Å²) in [6.45, 7) is 7.38. The fourth-order valence-electron chi connectivity index (χ4n) is 2.30. The largest absolute Gasteiger partial charge is 0.368 e. The normalized spacial score (nSPS) is 26.6. The Morgan fingerprint density at radius 1 is 1.47 bits per heavy atom. The lowest BCUT2D eigenvalue weighted by Crippen LogP contribution is -2.42. The van der Waals surface area contributed by atoms with E-state index in [4.69, 9.17) is 9.72 Å². The number of hydrogen-bond donors (Lipinski definition) is 0. The summed E-state index contributed by atoms with van der Waals surface area (Å²) < 4.78 is 5.86. The van der Waals surface area contributed by atoms with Crippen LogP contribution in [0.3, 0.4) is 0 Å². The highest BCUT2D eigenvalue weighted by Crippen LogP contribution is 2.41. The third-order valence-corrected chi connectivity index (χ3v) is 4.59. The van der Waals surface area contributed by atoms with Gasteiger partial charge in [-0.1, -0.05) is 0 Å². The van der Waals surface area contributed by atoms with Crippen LogP contribution in [0.15, 0.2) is 5.38 Å². The van der Waals surface area contributed by atoms with Gasteiger partial charge in [0.2, 0.25) is 0 Å². The van der Waals surface area contributed by atoms with Crippen LogP contribution >= 0.6 is 11.3 Å². The molecule has 1 unspecified atom stereocenters. The number of hydrogen-bond acceptors (Lipinski definition) is 4. The Hall–Kier alpha value is -0.450. The Morgan fingerprint density at radius 2 is 2.29 bits per heavy atom. The van der Waals surface area contributed by atoms with Crippen LogP contribution in [0.1, 0.15) is 49.4 Å². The highest BCUT2D eigenvalue weighted by atomic mass is 32.1. The van der Waals surface area contributed by atoms with Crippen molar-refractivity contribution in [1.29, 1.82) is 0 Å². The molecule has 0 N–H and O–H groups in total. The number of morpholine rings is 1. The summed E-state index contributed by atoms with van der Waals surface area (Å²) in [5, 5.41) is 3.40. The molecular formula is C13H20N2OS. The minimum Gasteiger partial charge on any atom is -0.368 e. The van der Waals surface area contributed by atoms with Gasteiger partial charge in [0.25, 0.3) is 0 Å². The Kier molecular flexibility index (Phi) is 3.19. The molecule has 2 fully saturated rings. The third kappa shape index (κ3) is 2.54. The second-order valence-corrected chi connectivity index (χ2v) is 6.22. The predicted octanol–water partition coefficient (Wildman–Crippen LogP) is 2.80. The van der Waals surface area contributed by atoms with Crippen molar-refractivity contribution >= 4 is 11.3 Å². The minimum absolute atomic E-state index is 0.198. The Morgan fingerprint density at radius 3 is 3.00 bits per heavy atom. The van der Waals surface area contributed by atoms with Crippen LogP contribution in [-0.4, -0.2) is 35.6 Å². The van der Waals surface area contributed by atoms with Crippen LogP contribution in [0, 0.1) is 0 Å². The van der Waals surface area contributed by atoms with E-state index in [2.05, 4.69) is 24.1 Å². The monoisotopic (exact) mass is 252 g/mol. The quantitative estimate of drug-likeness (QED) is 0.827. The molecule has 0 bridgehead atoms. The van der Waals surface area contributed by atoms with E-state index >= 15 is 0 Å². The Balaban J connectivity index is 1.69. The van der Waals surface area contributed by atoms with Crippen LogP contribution in [0.5, 0.6) is 0 Å². The van der Waals surface area contributed by atoms with Gasteiger partial charge in [0, 0.05) is 30.4 Å². The summed E-state index contributed by atoms with van der Waals surface area (Å²) in [7, 11) is 0. The van der Waals surface area contributed by atoms with E-state index in [1.54, 1.807) is 11.3 Å². The van der Waals surface area contributed by atoms with E-state index in [1.807, 2.05) is 0 Å². The van der Waals surface area contributed by atoms with E-state index < -0.39 is 0 Å². The zero-order valence-corrected chi connectivity index (χ0v) is 11.4. The molecule has 1 aliphatic heterocycles. The first-order valence-corrected chi connectivity index (χ1v) is 7.43. The summed E-state index contributed by atoms with van der Waals surface area (Å²) in [5.41, 5.74) is 1.30. The number of nitrogens with zero attached hydrogens (tertiary/aromatic N) is 2. The molecule has 2 heterocycles. The molecule has 3 rings (SSSR count). The molecule has 2 aliphatic rings. The molecule has 1 saturated heterocycles. The summed E-state index contributed by atoms with van der Waals surface area (Å²) in [6.07, 6.45) is 2.85. The number of thiazole rings is 1. The van der Waals surface area contributed by atoms with Gasteiger partial charge in [0.1, 0.15) is 11.1 Å². The molecule has 4 heteroatoms. The van der Waals surface area contributed by atoms with Crippen molar-refractivity contribution < 1.29 is 4.74 Å². The summed E-state index contributed by atoms with van der Waals surface area (Å²) >= 11 is 1.78. The highest BCUT2D eigenvalue weighted by molar-refractivity contribution is 7.09. The predicted molar refractivity (Wildman–Crippen MR) is 69.5 cm³/mol. The smallest absolute Gasteiger partial charge is 0.123 e. The van der Waals surface area contributed by atoms with Crippen LogP contribution in [0.25, 0.3) is 0 Å². The number of rotatable bonds is 3. The van der Waals surface area contributed by atoms with Crippen molar-refractivity contribution in [2.75, 3.05) is 19.7 Å². The maximum atomic E-state index is 5.86. The highest BCUT2D eigenvalue weighted by Gasteiger charge is 2.29. The van der Waals surface area contributed by atoms with Crippen LogP contribution in [0.2, 0.25) is 0 Å². The number of ether oxygens (including phenoxy) is 1. The van der Waals surface area contributed by atoms with Crippen molar-refractivity contribution in [3.63, 3.8) is 0 Å². The van der Waals surface area contributed by atoms with Gasteiger partial charge in [0.05, 0.1) is 12.3 Å². The maximum Gasteiger partial charge on any atom is 0.123 e. The van der Waals surface area contributed by atoms with Gasteiger partial charge in [0.15, 0.2) is 0 Å². The van der Waals surface area contributed by atoms with E-state index in [-0.39, 0.29) is 6.10 Å². The maximum absolute atomic E-state index is 5.86. The molecular weight excluding hydrogens is 232 g/mol. The zero-order chi connectivity index (χ0) is 11.8. The van der Waals surface area contributed by atoms with E-state index in [9.17, 15) is 0 Å². The topological polar surface area (TPSA) is 25.4 Å². The zero-order valence-electron chi connectivity index (χ0n) is 10.6. The Labute approximate surface area is 107 Å². The fraction of sp³-hybridized carbons (Fsp3) is 0.769. The molecule has 3 nitrogen and oxygen atoms in total. The molecule has 94 valence electrons. The minimum atomic E-state index is 0.198. The average molecular weight is 252 g/mol. The molecule has 1 aromatic rings. The van der Waals surface area contributed by atoms with Gasteiger partial charge in [-0.05, 0) is 26.7 Å². The molecule has 0 spiro atoms. The molecule has 0 amide bonds. The molecule has 0 aromatic carbocycles. The van der Waals surface area contributed by atoms with Crippen molar-refractivity contribution in [3.05, 3.63) is 16.1 Å². The summed E-state index contributed by atoms with van der Waals surface area (Å²) in [4.78, 5) is 7.24. The van der Waals surface area contributed by atoms with E-state index in [1.165, 1.54) is 23.5 Å². The standard InChI is InChI=1S/C13H20N2OS/c1-9(2)15-5-6-16-12(7-15)13-14-11(8-17-13)10-3-4-10/h8-10,12H,3-7H2,1-2H3. The summed E-state index contributed by atoms with van der Waals surface area (Å²) in [5.74, 6) is 0.754. The van der Waals surface area contributed by atoms with Gasteiger partial charge in [-0.3, -0.25) is 4.90 Å². The van der Waals surface area contributed by atoms with E-state index in [0.29, 0.717) is 6.04 Å². The van der Waals surface area contributed by atoms with Crippen LogP contribution < -0.4 is 0 Å². The van der Waals surface area contributed by atoms with E-state index in [0.717, 1.165) is 25.6 Å². The molecule has 1 aliphatic carbocycles. The van der Waals surface area contributed by atoms with Crippen LogP contribution in [-0.2, 0) is 4.74 Å². The molecule has 1 atom stereocenters. The lowest BCUT2D eigenvalue weighted by Gasteiger charge is -2.34. The van der Waals surface area contributed by atoms with Crippen molar-refractivity contribution in [3.8, 4) is 0 Å². The molecule has 1 saturated carbocycles. The van der Waals surface area contributed by atoms with Crippen molar-refractivity contribution in [2.24, 2.45) is 0 Å². The van der Waals surface area contributed by atoms with Gasteiger partial charge in [-0.25, -0.2) is 4.98 Å².